The van der Waals surface area contributed by atoms with Crippen molar-refractivity contribution in [1.82, 2.24) is 14.8 Å². The van der Waals surface area contributed by atoms with E-state index >= 15 is 0 Å². The van der Waals surface area contributed by atoms with Gasteiger partial charge in [-0.25, -0.2) is 0 Å². The zero-order valence-corrected chi connectivity index (χ0v) is 11.8. The summed E-state index contributed by atoms with van der Waals surface area (Å²) in [6.45, 7) is 4.47. The molecule has 3 unspecified atom stereocenters. The predicted octanol–water partition coefficient (Wildman–Crippen LogP) is 1.36. The van der Waals surface area contributed by atoms with Crippen LogP contribution in [0.1, 0.15) is 38.4 Å². The molecule has 0 radical (unpaired) electrons. The third kappa shape index (κ3) is 1.88. The number of nitrogens with zero attached hydrogens (tertiary/aromatic N) is 3. The molecule has 2 saturated heterocycles. The maximum Gasteiger partial charge on any atom is 0.246 e. The van der Waals surface area contributed by atoms with Crippen LogP contribution in [0, 0.1) is 0 Å². The van der Waals surface area contributed by atoms with Crippen LogP contribution < -0.4 is 0 Å². The van der Waals surface area contributed by atoms with E-state index in [0.717, 1.165) is 18.5 Å². The molecular formula is C15H19N3O2. The van der Waals surface area contributed by atoms with Crippen LogP contribution in [0.25, 0.3) is 0 Å². The second kappa shape index (κ2) is 4.89. The number of piperazine rings is 1. The molecule has 0 spiro atoms. The van der Waals surface area contributed by atoms with Gasteiger partial charge in [-0.2, -0.15) is 0 Å². The number of hydrogen-bond donors (Lipinski definition) is 0. The average molecular weight is 273 g/mol. The van der Waals surface area contributed by atoms with Crippen molar-refractivity contribution in [2.24, 2.45) is 0 Å². The summed E-state index contributed by atoms with van der Waals surface area (Å²) in [5.41, 5.74) is 0.826. The van der Waals surface area contributed by atoms with E-state index in [-0.39, 0.29) is 23.9 Å². The van der Waals surface area contributed by atoms with Gasteiger partial charge in [0.15, 0.2) is 0 Å². The van der Waals surface area contributed by atoms with Gasteiger partial charge in [-0.3, -0.25) is 14.6 Å². The van der Waals surface area contributed by atoms with E-state index in [0.29, 0.717) is 6.54 Å². The van der Waals surface area contributed by atoms with Gasteiger partial charge in [0.2, 0.25) is 11.8 Å². The summed E-state index contributed by atoms with van der Waals surface area (Å²) in [5.74, 6) is 0.127. The summed E-state index contributed by atoms with van der Waals surface area (Å²) in [7, 11) is 0. The third-order valence-electron chi connectivity index (χ3n) is 4.38. The average Bonchev–Trinajstić information content (AvgIpc) is 2.96. The summed E-state index contributed by atoms with van der Waals surface area (Å²) in [4.78, 5) is 32.9. The third-order valence-corrected chi connectivity index (χ3v) is 4.38. The highest BCUT2D eigenvalue weighted by atomic mass is 16.2. The molecule has 1 aromatic heterocycles. The van der Waals surface area contributed by atoms with E-state index in [2.05, 4.69) is 4.98 Å². The highest BCUT2D eigenvalue weighted by molar-refractivity contribution is 5.97. The molecule has 2 fully saturated rings. The van der Waals surface area contributed by atoms with Crippen LogP contribution >= 0.6 is 0 Å². The normalized spacial score (nSPS) is 27.7. The minimum atomic E-state index is -0.408. The summed E-state index contributed by atoms with van der Waals surface area (Å²) >= 11 is 0. The molecule has 1 aromatic rings. The van der Waals surface area contributed by atoms with Crippen molar-refractivity contribution in [3.63, 3.8) is 0 Å². The van der Waals surface area contributed by atoms with Crippen LogP contribution in [-0.4, -0.2) is 45.2 Å². The summed E-state index contributed by atoms with van der Waals surface area (Å²) < 4.78 is 0. The number of pyridine rings is 1. The quantitative estimate of drug-likeness (QED) is 0.817. The molecule has 0 saturated carbocycles. The van der Waals surface area contributed by atoms with E-state index in [9.17, 15) is 9.59 Å². The van der Waals surface area contributed by atoms with Crippen molar-refractivity contribution < 1.29 is 9.59 Å². The van der Waals surface area contributed by atoms with Gasteiger partial charge in [0.25, 0.3) is 0 Å². The fourth-order valence-electron chi connectivity index (χ4n) is 3.30. The Morgan fingerprint density at radius 1 is 1.30 bits per heavy atom. The van der Waals surface area contributed by atoms with Crippen molar-refractivity contribution in [1.29, 1.82) is 0 Å². The van der Waals surface area contributed by atoms with Crippen molar-refractivity contribution in [3.05, 3.63) is 30.1 Å². The lowest BCUT2D eigenvalue weighted by Crippen LogP contribution is -2.62. The van der Waals surface area contributed by atoms with E-state index in [1.54, 1.807) is 16.0 Å². The lowest BCUT2D eigenvalue weighted by atomic mass is 10.0. The summed E-state index contributed by atoms with van der Waals surface area (Å²) in [6.07, 6.45) is 3.41. The number of hydrogen-bond acceptors (Lipinski definition) is 3. The Bertz CT molecular complexity index is 531. The second-order valence-corrected chi connectivity index (χ2v) is 5.54. The van der Waals surface area contributed by atoms with Crippen LogP contribution in [-0.2, 0) is 9.59 Å². The lowest BCUT2D eigenvalue weighted by molar-refractivity contribution is -0.161. The first-order valence-electron chi connectivity index (χ1n) is 7.15. The fraction of sp³-hybridized carbons (Fsp3) is 0.533. The van der Waals surface area contributed by atoms with E-state index in [1.165, 1.54) is 0 Å². The largest absolute Gasteiger partial charge is 0.329 e. The van der Waals surface area contributed by atoms with Gasteiger partial charge >= 0.3 is 0 Å². The molecule has 0 bridgehead atoms. The second-order valence-electron chi connectivity index (χ2n) is 5.54. The van der Waals surface area contributed by atoms with Gasteiger partial charge in [-0.05, 0) is 38.8 Å². The lowest BCUT2D eigenvalue weighted by Gasteiger charge is -2.43. The van der Waals surface area contributed by atoms with Crippen molar-refractivity contribution in [3.8, 4) is 0 Å². The van der Waals surface area contributed by atoms with Crippen LogP contribution in [0.4, 0.5) is 0 Å². The van der Waals surface area contributed by atoms with Crippen molar-refractivity contribution in [2.45, 2.75) is 44.8 Å². The molecule has 3 rings (SSSR count). The minimum absolute atomic E-state index is 0.0627. The predicted molar refractivity (Wildman–Crippen MR) is 73.7 cm³/mol. The molecule has 3 atom stereocenters. The topological polar surface area (TPSA) is 53.5 Å². The molecule has 0 N–H and O–H groups in total. The molecule has 106 valence electrons. The zero-order valence-electron chi connectivity index (χ0n) is 11.8. The molecule has 3 heterocycles. The number of aromatic nitrogens is 1. The summed E-state index contributed by atoms with van der Waals surface area (Å²) in [5, 5.41) is 0. The first-order chi connectivity index (χ1) is 9.61. The van der Waals surface area contributed by atoms with Gasteiger partial charge in [-0.15, -0.1) is 0 Å². The molecule has 0 aliphatic carbocycles. The SMILES string of the molecule is CC1C(=O)N2CCCC2C(=O)N1C(C)c1ccccn1. The fourth-order valence-corrected chi connectivity index (χ4v) is 3.30. The number of fused-ring (bicyclic) bond motifs is 1. The van der Waals surface area contributed by atoms with E-state index in [1.807, 2.05) is 32.0 Å². The monoisotopic (exact) mass is 273 g/mol. The first kappa shape index (κ1) is 13.1. The standard InChI is InChI=1S/C15H19N3O2/c1-10(12-6-3-4-8-16-12)18-11(2)14(19)17-9-5-7-13(17)15(18)20/h3-4,6,8,10-11,13H,5,7,9H2,1-2H3. The Hall–Kier alpha value is -1.91. The highest BCUT2D eigenvalue weighted by Gasteiger charge is 2.47. The van der Waals surface area contributed by atoms with E-state index < -0.39 is 6.04 Å². The van der Waals surface area contributed by atoms with Crippen molar-refractivity contribution >= 4 is 11.8 Å². The number of rotatable bonds is 2. The Kier molecular flexibility index (Phi) is 3.20. The Morgan fingerprint density at radius 3 is 2.80 bits per heavy atom. The maximum atomic E-state index is 12.7. The zero-order chi connectivity index (χ0) is 14.3. The molecule has 5 nitrogen and oxygen atoms in total. The van der Waals surface area contributed by atoms with Gasteiger partial charge in [0, 0.05) is 12.7 Å². The van der Waals surface area contributed by atoms with Crippen molar-refractivity contribution in [2.75, 3.05) is 6.54 Å². The Morgan fingerprint density at radius 2 is 2.10 bits per heavy atom. The van der Waals surface area contributed by atoms with Gasteiger partial charge in [-0.1, -0.05) is 6.07 Å². The molecule has 20 heavy (non-hydrogen) atoms. The van der Waals surface area contributed by atoms with E-state index in [4.69, 9.17) is 0 Å². The number of carbonyl (C=O) groups is 2. The summed E-state index contributed by atoms with van der Waals surface area (Å²) in [6, 6.07) is 4.81. The van der Waals surface area contributed by atoms with Crippen LogP contribution in [0.15, 0.2) is 24.4 Å². The van der Waals surface area contributed by atoms with Gasteiger partial charge in [0.1, 0.15) is 12.1 Å². The molecule has 2 aliphatic heterocycles. The van der Waals surface area contributed by atoms with Gasteiger partial charge in [0.05, 0.1) is 11.7 Å². The van der Waals surface area contributed by atoms with Crippen LogP contribution in [0.3, 0.4) is 0 Å². The molecule has 0 aromatic carbocycles. The Balaban J connectivity index is 1.92. The minimum Gasteiger partial charge on any atom is -0.329 e. The van der Waals surface area contributed by atoms with Gasteiger partial charge < -0.3 is 9.80 Å². The van der Waals surface area contributed by atoms with Crippen LogP contribution in [0.2, 0.25) is 0 Å². The number of carbonyl (C=O) groups excluding carboxylic acids is 2. The molecule has 2 amide bonds. The smallest absolute Gasteiger partial charge is 0.246 e. The molecule has 2 aliphatic rings. The highest BCUT2D eigenvalue weighted by Crippen LogP contribution is 2.32. The van der Waals surface area contributed by atoms with Crippen LogP contribution in [0.5, 0.6) is 0 Å². The first-order valence-corrected chi connectivity index (χ1v) is 7.15. The Labute approximate surface area is 118 Å². The maximum absolute atomic E-state index is 12.7. The number of amides is 2. The molecular weight excluding hydrogens is 254 g/mol. The molecule has 5 heteroatoms.